The van der Waals surface area contributed by atoms with Gasteiger partial charge in [0.15, 0.2) is 0 Å². The van der Waals surface area contributed by atoms with Gasteiger partial charge in [0.1, 0.15) is 5.76 Å². The lowest BCUT2D eigenvalue weighted by Gasteiger charge is -2.15. The zero-order valence-electron chi connectivity index (χ0n) is 10.7. The molecule has 0 saturated carbocycles. The molecule has 0 radical (unpaired) electrons. The summed E-state index contributed by atoms with van der Waals surface area (Å²) in [5, 5.41) is 2.92. The number of rotatable bonds is 4. The molecule has 2 atom stereocenters. The minimum Gasteiger partial charge on any atom is -0.469 e. The number of amides is 2. The van der Waals surface area contributed by atoms with E-state index >= 15 is 0 Å². The highest BCUT2D eigenvalue weighted by molar-refractivity contribution is 5.89. The second-order valence-corrected chi connectivity index (χ2v) is 4.87. The maximum Gasteiger partial charge on any atom is 0.225 e. The molecule has 2 rings (SSSR count). The van der Waals surface area contributed by atoms with Gasteiger partial charge in [-0.2, -0.15) is 0 Å². The molecule has 1 aliphatic heterocycles. The minimum absolute atomic E-state index is 0.00431. The van der Waals surface area contributed by atoms with Crippen molar-refractivity contribution in [3.8, 4) is 0 Å². The van der Waals surface area contributed by atoms with Gasteiger partial charge in [0.2, 0.25) is 11.8 Å². The molecule has 1 saturated heterocycles. The summed E-state index contributed by atoms with van der Waals surface area (Å²) in [6, 6.07) is 3.72. The van der Waals surface area contributed by atoms with Crippen LogP contribution in [-0.4, -0.2) is 36.3 Å². The van der Waals surface area contributed by atoms with E-state index in [-0.39, 0.29) is 23.8 Å². The molecule has 0 bridgehead atoms. The van der Waals surface area contributed by atoms with Gasteiger partial charge in [0, 0.05) is 32.5 Å². The second kappa shape index (κ2) is 5.25. The van der Waals surface area contributed by atoms with Crippen LogP contribution in [0.25, 0.3) is 0 Å². The fourth-order valence-electron chi connectivity index (χ4n) is 2.18. The van der Waals surface area contributed by atoms with Gasteiger partial charge in [-0.1, -0.05) is 0 Å². The molecule has 1 N–H and O–H groups in total. The SMILES string of the molecule is CC(Cc1ccco1)NC(=O)C1CC(=O)N(C)C1. The predicted molar refractivity (Wildman–Crippen MR) is 65.8 cm³/mol. The van der Waals surface area contributed by atoms with Crippen molar-refractivity contribution in [3.05, 3.63) is 24.2 Å². The predicted octanol–water partition coefficient (Wildman–Crippen LogP) is 0.805. The van der Waals surface area contributed by atoms with Crippen LogP contribution in [0, 0.1) is 5.92 Å². The van der Waals surface area contributed by atoms with E-state index in [1.54, 1.807) is 18.2 Å². The smallest absolute Gasteiger partial charge is 0.225 e. The molecule has 5 nitrogen and oxygen atoms in total. The van der Waals surface area contributed by atoms with Gasteiger partial charge in [-0.25, -0.2) is 0 Å². The Morgan fingerprint density at radius 1 is 1.67 bits per heavy atom. The Morgan fingerprint density at radius 3 is 3.00 bits per heavy atom. The molecule has 1 aromatic heterocycles. The summed E-state index contributed by atoms with van der Waals surface area (Å²) in [4.78, 5) is 24.9. The zero-order chi connectivity index (χ0) is 13.1. The van der Waals surface area contributed by atoms with E-state index in [1.807, 2.05) is 19.1 Å². The van der Waals surface area contributed by atoms with E-state index in [0.29, 0.717) is 19.4 Å². The summed E-state index contributed by atoms with van der Waals surface area (Å²) in [7, 11) is 1.72. The van der Waals surface area contributed by atoms with Crippen molar-refractivity contribution in [2.45, 2.75) is 25.8 Å². The van der Waals surface area contributed by atoms with E-state index in [4.69, 9.17) is 4.42 Å². The lowest BCUT2D eigenvalue weighted by molar-refractivity contribution is -0.128. The number of nitrogens with one attached hydrogen (secondary N) is 1. The van der Waals surface area contributed by atoms with Crippen molar-refractivity contribution in [2.24, 2.45) is 5.92 Å². The number of carbonyl (C=O) groups is 2. The fourth-order valence-corrected chi connectivity index (χ4v) is 2.18. The number of likely N-dealkylation sites (tertiary alicyclic amines) is 1. The normalized spacial score (nSPS) is 21.1. The van der Waals surface area contributed by atoms with Crippen LogP contribution in [0.5, 0.6) is 0 Å². The van der Waals surface area contributed by atoms with Crippen molar-refractivity contribution in [2.75, 3.05) is 13.6 Å². The van der Waals surface area contributed by atoms with Crippen LogP contribution in [0.15, 0.2) is 22.8 Å². The molecule has 5 heteroatoms. The maximum atomic E-state index is 12.0. The van der Waals surface area contributed by atoms with Gasteiger partial charge in [0.25, 0.3) is 0 Å². The summed E-state index contributed by atoms with van der Waals surface area (Å²) in [6.07, 6.45) is 2.60. The van der Waals surface area contributed by atoms with Gasteiger partial charge in [0.05, 0.1) is 12.2 Å². The molecule has 2 unspecified atom stereocenters. The molecule has 1 aliphatic rings. The Hall–Kier alpha value is -1.78. The van der Waals surface area contributed by atoms with E-state index in [1.165, 1.54) is 0 Å². The molecule has 0 aromatic carbocycles. The van der Waals surface area contributed by atoms with Crippen molar-refractivity contribution in [3.63, 3.8) is 0 Å². The van der Waals surface area contributed by atoms with Gasteiger partial charge in [-0.3, -0.25) is 9.59 Å². The highest BCUT2D eigenvalue weighted by atomic mass is 16.3. The van der Waals surface area contributed by atoms with Crippen LogP contribution in [0.4, 0.5) is 0 Å². The van der Waals surface area contributed by atoms with E-state index < -0.39 is 0 Å². The third-order valence-electron chi connectivity index (χ3n) is 3.19. The van der Waals surface area contributed by atoms with Gasteiger partial charge >= 0.3 is 0 Å². The Balaban J connectivity index is 1.82. The van der Waals surface area contributed by atoms with Crippen molar-refractivity contribution >= 4 is 11.8 Å². The Bertz CT molecular complexity index is 427. The van der Waals surface area contributed by atoms with E-state index in [2.05, 4.69) is 5.32 Å². The van der Waals surface area contributed by atoms with Crippen LogP contribution >= 0.6 is 0 Å². The topological polar surface area (TPSA) is 62.6 Å². The van der Waals surface area contributed by atoms with Crippen LogP contribution in [-0.2, 0) is 16.0 Å². The van der Waals surface area contributed by atoms with Gasteiger partial charge in [-0.15, -0.1) is 0 Å². The van der Waals surface area contributed by atoms with Crippen molar-refractivity contribution in [1.82, 2.24) is 10.2 Å². The third-order valence-corrected chi connectivity index (χ3v) is 3.19. The standard InChI is InChI=1S/C13H18N2O3/c1-9(6-11-4-3-5-18-11)14-13(17)10-7-12(16)15(2)8-10/h3-5,9-10H,6-8H2,1-2H3,(H,14,17). The molecule has 0 spiro atoms. The molecule has 2 heterocycles. The Morgan fingerprint density at radius 2 is 2.44 bits per heavy atom. The average Bonchev–Trinajstić information content (AvgIpc) is 2.90. The zero-order valence-corrected chi connectivity index (χ0v) is 10.7. The second-order valence-electron chi connectivity index (χ2n) is 4.87. The Kier molecular flexibility index (Phi) is 3.69. The summed E-state index contributed by atoms with van der Waals surface area (Å²) in [5.41, 5.74) is 0. The van der Waals surface area contributed by atoms with Crippen LogP contribution in [0.3, 0.4) is 0 Å². The summed E-state index contributed by atoms with van der Waals surface area (Å²) >= 11 is 0. The Labute approximate surface area is 106 Å². The first-order valence-electron chi connectivity index (χ1n) is 6.13. The number of hydrogen-bond donors (Lipinski definition) is 1. The molecular weight excluding hydrogens is 232 g/mol. The molecule has 1 fully saturated rings. The number of nitrogens with zero attached hydrogens (tertiary/aromatic N) is 1. The third kappa shape index (κ3) is 2.91. The quantitative estimate of drug-likeness (QED) is 0.860. The molecule has 18 heavy (non-hydrogen) atoms. The summed E-state index contributed by atoms with van der Waals surface area (Å²) in [5.74, 6) is 0.615. The average molecular weight is 250 g/mol. The van der Waals surface area contributed by atoms with Crippen molar-refractivity contribution < 1.29 is 14.0 Å². The molecule has 0 aliphatic carbocycles. The first kappa shape index (κ1) is 12.7. The number of hydrogen-bond acceptors (Lipinski definition) is 3. The monoisotopic (exact) mass is 250 g/mol. The fraction of sp³-hybridized carbons (Fsp3) is 0.538. The molecule has 1 aromatic rings. The van der Waals surface area contributed by atoms with Crippen LogP contribution in [0.1, 0.15) is 19.1 Å². The van der Waals surface area contributed by atoms with Gasteiger partial charge in [-0.05, 0) is 19.1 Å². The first-order valence-corrected chi connectivity index (χ1v) is 6.13. The van der Waals surface area contributed by atoms with E-state index in [0.717, 1.165) is 5.76 Å². The number of furan rings is 1. The largest absolute Gasteiger partial charge is 0.469 e. The van der Waals surface area contributed by atoms with E-state index in [9.17, 15) is 9.59 Å². The highest BCUT2D eigenvalue weighted by Crippen LogP contribution is 2.16. The summed E-state index contributed by atoms with van der Waals surface area (Å²) in [6.45, 7) is 2.44. The van der Waals surface area contributed by atoms with Crippen LogP contribution in [0.2, 0.25) is 0 Å². The maximum absolute atomic E-state index is 12.0. The van der Waals surface area contributed by atoms with Crippen LogP contribution < -0.4 is 5.32 Å². The van der Waals surface area contributed by atoms with Gasteiger partial charge < -0.3 is 14.6 Å². The first-order chi connectivity index (χ1) is 8.56. The lowest BCUT2D eigenvalue weighted by atomic mass is 10.1. The molecule has 2 amide bonds. The lowest BCUT2D eigenvalue weighted by Crippen LogP contribution is -2.39. The summed E-state index contributed by atoms with van der Waals surface area (Å²) < 4.78 is 5.23. The highest BCUT2D eigenvalue weighted by Gasteiger charge is 2.32. The van der Waals surface area contributed by atoms with Crippen molar-refractivity contribution in [1.29, 1.82) is 0 Å². The molecular formula is C13H18N2O3. The minimum atomic E-state index is -0.221. The molecule has 98 valence electrons. The number of carbonyl (C=O) groups excluding carboxylic acids is 2.